The summed E-state index contributed by atoms with van der Waals surface area (Å²) in [6.45, 7) is 2.08. The molecule has 4 aromatic rings. The predicted octanol–water partition coefficient (Wildman–Crippen LogP) is 4.49. The van der Waals surface area contributed by atoms with E-state index in [1.165, 1.54) is 17.3 Å². The summed E-state index contributed by atoms with van der Waals surface area (Å²) in [6, 6.07) is 20.7. The van der Waals surface area contributed by atoms with Gasteiger partial charge < -0.3 is 0 Å². The van der Waals surface area contributed by atoms with Crippen LogP contribution in [0.15, 0.2) is 65.8 Å². The highest BCUT2D eigenvalue weighted by Crippen LogP contribution is 2.26. The van der Waals surface area contributed by atoms with Crippen LogP contribution in [0, 0.1) is 6.92 Å². The highest BCUT2D eigenvalue weighted by Gasteiger charge is 2.13. The van der Waals surface area contributed by atoms with Gasteiger partial charge in [-0.2, -0.15) is 9.50 Å². The van der Waals surface area contributed by atoms with Crippen LogP contribution in [0.2, 0.25) is 0 Å². The maximum absolute atomic E-state index is 4.71. The van der Waals surface area contributed by atoms with Crippen LogP contribution in [0.3, 0.4) is 0 Å². The molecule has 0 aliphatic carbocycles. The number of fused-ring (bicyclic) bond motifs is 1. The summed E-state index contributed by atoms with van der Waals surface area (Å²) < 4.78 is 1.82. The number of nitrogens with zero attached hydrogens (tertiary/aromatic N) is 4. The molecule has 0 spiro atoms. The second kappa shape index (κ2) is 6.09. The zero-order valence-corrected chi connectivity index (χ0v) is 14.3. The minimum Gasteiger partial charge on any atom is -0.211 e. The van der Waals surface area contributed by atoms with Crippen molar-refractivity contribution in [2.24, 2.45) is 0 Å². The van der Waals surface area contributed by atoms with Gasteiger partial charge in [-0.15, -0.1) is 5.10 Å². The Labute approximate surface area is 144 Å². The molecular weight excluding hydrogens is 316 g/mol. The fraction of sp³-hybridized carbons (Fsp3) is 0.105. The maximum Gasteiger partial charge on any atom is 0.254 e. The van der Waals surface area contributed by atoms with Crippen molar-refractivity contribution in [2.45, 2.75) is 12.1 Å². The molecule has 4 nitrogen and oxygen atoms in total. The summed E-state index contributed by atoms with van der Waals surface area (Å²) >= 11 is 1.52. The van der Waals surface area contributed by atoms with Crippen molar-refractivity contribution in [1.82, 2.24) is 19.6 Å². The smallest absolute Gasteiger partial charge is 0.211 e. The zero-order valence-electron chi connectivity index (χ0n) is 13.5. The minimum absolute atomic E-state index is 0.622. The first-order valence-electron chi connectivity index (χ1n) is 7.69. The Bertz CT molecular complexity index is 991. The van der Waals surface area contributed by atoms with E-state index in [2.05, 4.69) is 59.5 Å². The van der Waals surface area contributed by atoms with Crippen molar-refractivity contribution in [1.29, 1.82) is 0 Å². The zero-order chi connectivity index (χ0) is 16.5. The molecule has 0 aliphatic heterocycles. The normalized spacial score (nSPS) is 11.1. The molecule has 0 bridgehead atoms. The lowest BCUT2D eigenvalue weighted by atomic mass is 10.1. The molecule has 0 saturated heterocycles. The van der Waals surface area contributed by atoms with E-state index in [0.29, 0.717) is 5.78 Å². The van der Waals surface area contributed by atoms with Gasteiger partial charge in [-0.25, -0.2) is 4.98 Å². The Hall–Kier alpha value is -2.66. The highest BCUT2D eigenvalue weighted by molar-refractivity contribution is 7.98. The summed E-state index contributed by atoms with van der Waals surface area (Å²) in [5.41, 5.74) is 5.30. The summed E-state index contributed by atoms with van der Waals surface area (Å²) in [6.07, 6.45) is 1.97. The average Bonchev–Trinajstić information content (AvgIpc) is 3.05. The number of thioether (sulfide) groups is 1. The molecule has 5 heteroatoms. The summed E-state index contributed by atoms with van der Waals surface area (Å²) in [5, 5.41) is 5.29. The van der Waals surface area contributed by atoms with Gasteiger partial charge in [-0.1, -0.05) is 71.9 Å². The fourth-order valence-corrected chi connectivity index (χ4v) is 2.96. The molecule has 24 heavy (non-hydrogen) atoms. The largest absolute Gasteiger partial charge is 0.254 e. The van der Waals surface area contributed by atoms with Crippen molar-refractivity contribution in [3.8, 4) is 22.5 Å². The molecule has 2 aromatic heterocycles. The van der Waals surface area contributed by atoms with E-state index >= 15 is 0 Å². The molecule has 2 aromatic carbocycles. The van der Waals surface area contributed by atoms with Gasteiger partial charge in [-0.3, -0.25) is 0 Å². The van der Waals surface area contributed by atoms with Crippen LogP contribution < -0.4 is 0 Å². The molecule has 0 unspecified atom stereocenters. The van der Waals surface area contributed by atoms with Crippen molar-refractivity contribution >= 4 is 17.5 Å². The van der Waals surface area contributed by atoms with Crippen molar-refractivity contribution < 1.29 is 0 Å². The highest BCUT2D eigenvalue weighted by atomic mass is 32.2. The lowest BCUT2D eigenvalue weighted by Crippen LogP contribution is -1.98. The van der Waals surface area contributed by atoms with Gasteiger partial charge in [0.25, 0.3) is 5.78 Å². The van der Waals surface area contributed by atoms with Gasteiger partial charge in [0.15, 0.2) is 0 Å². The Morgan fingerprint density at radius 3 is 2.33 bits per heavy atom. The SMILES string of the molecule is CSc1nc2nc(-c3ccc(C)cc3)cc(-c3ccccc3)n2n1. The van der Waals surface area contributed by atoms with Crippen LogP contribution in [-0.2, 0) is 0 Å². The van der Waals surface area contributed by atoms with Crippen LogP contribution in [0.25, 0.3) is 28.3 Å². The molecule has 118 valence electrons. The summed E-state index contributed by atoms with van der Waals surface area (Å²) in [4.78, 5) is 9.23. The monoisotopic (exact) mass is 332 g/mol. The molecule has 4 rings (SSSR count). The van der Waals surface area contributed by atoms with Gasteiger partial charge in [0.2, 0.25) is 5.16 Å². The third-order valence-electron chi connectivity index (χ3n) is 3.89. The molecule has 0 saturated carbocycles. The number of rotatable bonds is 3. The molecular formula is C19H16N4S. The topological polar surface area (TPSA) is 43.1 Å². The average molecular weight is 332 g/mol. The minimum atomic E-state index is 0.622. The van der Waals surface area contributed by atoms with Gasteiger partial charge in [0, 0.05) is 11.1 Å². The van der Waals surface area contributed by atoms with Crippen LogP contribution in [-0.4, -0.2) is 25.8 Å². The third kappa shape index (κ3) is 2.67. The number of hydrogen-bond donors (Lipinski definition) is 0. The van der Waals surface area contributed by atoms with Crippen LogP contribution in [0.4, 0.5) is 0 Å². The summed E-state index contributed by atoms with van der Waals surface area (Å²) in [5.74, 6) is 0.622. The van der Waals surface area contributed by atoms with Crippen LogP contribution in [0.1, 0.15) is 5.56 Å². The number of hydrogen-bond acceptors (Lipinski definition) is 4. The molecule has 0 amide bonds. The Morgan fingerprint density at radius 2 is 1.62 bits per heavy atom. The molecule has 0 atom stereocenters. The second-order valence-electron chi connectivity index (χ2n) is 5.57. The second-order valence-corrected chi connectivity index (χ2v) is 6.34. The molecule has 0 radical (unpaired) electrons. The quantitative estimate of drug-likeness (QED) is 0.519. The first-order valence-corrected chi connectivity index (χ1v) is 8.91. The Morgan fingerprint density at radius 1 is 0.875 bits per heavy atom. The predicted molar refractivity (Wildman–Crippen MR) is 98.2 cm³/mol. The number of aromatic nitrogens is 4. The lowest BCUT2D eigenvalue weighted by molar-refractivity contribution is 0.888. The van der Waals surface area contributed by atoms with E-state index in [0.717, 1.165) is 27.7 Å². The van der Waals surface area contributed by atoms with Crippen molar-refractivity contribution in [3.63, 3.8) is 0 Å². The van der Waals surface area contributed by atoms with Crippen molar-refractivity contribution in [2.75, 3.05) is 6.26 Å². The third-order valence-corrected chi connectivity index (χ3v) is 4.43. The maximum atomic E-state index is 4.71. The van der Waals surface area contributed by atoms with Crippen LogP contribution >= 0.6 is 11.8 Å². The van der Waals surface area contributed by atoms with Gasteiger partial charge in [0.05, 0.1) is 11.4 Å². The van der Waals surface area contributed by atoms with Gasteiger partial charge in [-0.05, 0) is 19.2 Å². The fourth-order valence-electron chi connectivity index (χ4n) is 2.62. The van der Waals surface area contributed by atoms with Gasteiger partial charge in [0.1, 0.15) is 0 Å². The van der Waals surface area contributed by atoms with E-state index in [1.54, 1.807) is 0 Å². The molecule has 0 fully saturated rings. The first-order chi connectivity index (χ1) is 11.7. The standard InChI is InChI=1S/C19H16N4S/c1-13-8-10-14(11-9-13)16-12-17(15-6-4-3-5-7-15)23-18(20-16)21-19(22-23)24-2/h3-12H,1-2H3. The first kappa shape index (κ1) is 14.9. The number of benzene rings is 2. The number of aryl methyl sites for hydroxylation is 1. The Balaban J connectivity index is 1.98. The molecule has 0 aliphatic rings. The Kier molecular flexibility index (Phi) is 3.78. The molecule has 2 heterocycles. The van der Waals surface area contributed by atoms with E-state index in [-0.39, 0.29) is 0 Å². The van der Waals surface area contributed by atoms with E-state index < -0.39 is 0 Å². The molecule has 0 N–H and O–H groups in total. The van der Waals surface area contributed by atoms with Crippen molar-refractivity contribution in [3.05, 3.63) is 66.2 Å². The van der Waals surface area contributed by atoms with E-state index in [4.69, 9.17) is 4.98 Å². The lowest BCUT2D eigenvalue weighted by Gasteiger charge is -2.08. The van der Waals surface area contributed by atoms with E-state index in [1.807, 2.05) is 29.0 Å². The van der Waals surface area contributed by atoms with Crippen LogP contribution in [0.5, 0.6) is 0 Å². The van der Waals surface area contributed by atoms with Gasteiger partial charge >= 0.3 is 0 Å². The summed E-state index contributed by atoms with van der Waals surface area (Å²) in [7, 11) is 0. The van der Waals surface area contributed by atoms with E-state index in [9.17, 15) is 0 Å².